The number of aromatic nitrogens is 2. The van der Waals surface area contributed by atoms with Gasteiger partial charge in [0.2, 0.25) is 0 Å². The molecule has 4 nitrogen and oxygen atoms in total. The Morgan fingerprint density at radius 3 is 2.67 bits per heavy atom. The zero-order valence-electron chi connectivity index (χ0n) is 10.9. The monoisotopic (exact) mass is 368 g/mol. The van der Waals surface area contributed by atoms with Crippen molar-refractivity contribution in [1.82, 2.24) is 9.97 Å². The van der Waals surface area contributed by atoms with Gasteiger partial charge in [-0.1, -0.05) is 6.07 Å². The van der Waals surface area contributed by atoms with E-state index in [-0.39, 0.29) is 10.7 Å². The molecule has 0 saturated heterocycles. The van der Waals surface area contributed by atoms with Gasteiger partial charge in [0.1, 0.15) is 17.2 Å². The van der Waals surface area contributed by atoms with Crippen molar-refractivity contribution in [2.24, 2.45) is 0 Å². The molecule has 3 aromatic rings. The van der Waals surface area contributed by atoms with Crippen LogP contribution >= 0.6 is 15.9 Å². The fraction of sp³-hybridized carbons (Fsp3) is 0.0714. The molecule has 0 aliphatic heterocycles. The second-order valence-corrected chi connectivity index (χ2v) is 7.47. The van der Waals surface area contributed by atoms with E-state index in [0.29, 0.717) is 26.9 Å². The number of para-hydroxylation sites is 1. The van der Waals surface area contributed by atoms with E-state index in [2.05, 4.69) is 25.9 Å². The summed E-state index contributed by atoms with van der Waals surface area (Å²) >= 11 is 3.28. The first kappa shape index (κ1) is 14.2. The molecule has 0 saturated carbocycles. The molecule has 7 heteroatoms. The second-order valence-electron chi connectivity index (χ2n) is 4.63. The summed E-state index contributed by atoms with van der Waals surface area (Å²) in [5, 5.41) is 0. The SMILES string of the molecule is CS(=O)(=O)c1cccc2[nH]c(-c3ccc(F)cc3Br)nc12. The van der Waals surface area contributed by atoms with Crippen LogP contribution in [0.4, 0.5) is 4.39 Å². The van der Waals surface area contributed by atoms with E-state index in [0.717, 1.165) is 6.26 Å². The highest BCUT2D eigenvalue weighted by Crippen LogP contribution is 2.30. The number of aromatic amines is 1. The molecule has 21 heavy (non-hydrogen) atoms. The minimum Gasteiger partial charge on any atom is -0.338 e. The van der Waals surface area contributed by atoms with Crippen molar-refractivity contribution in [3.63, 3.8) is 0 Å². The first-order valence-electron chi connectivity index (χ1n) is 6.00. The highest BCUT2D eigenvalue weighted by Gasteiger charge is 2.16. The molecular weight excluding hydrogens is 359 g/mol. The summed E-state index contributed by atoms with van der Waals surface area (Å²) < 4.78 is 37.3. The summed E-state index contributed by atoms with van der Waals surface area (Å²) in [5.41, 5.74) is 1.66. The van der Waals surface area contributed by atoms with Crippen molar-refractivity contribution in [1.29, 1.82) is 0 Å². The van der Waals surface area contributed by atoms with Crippen LogP contribution in [0.2, 0.25) is 0 Å². The summed E-state index contributed by atoms with van der Waals surface area (Å²) in [7, 11) is -3.37. The molecule has 1 aromatic heterocycles. The van der Waals surface area contributed by atoms with E-state index < -0.39 is 9.84 Å². The van der Waals surface area contributed by atoms with Gasteiger partial charge in [-0.15, -0.1) is 0 Å². The average Bonchev–Trinajstić information content (AvgIpc) is 2.80. The third-order valence-electron chi connectivity index (χ3n) is 3.06. The lowest BCUT2D eigenvalue weighted by Crippen LogP contribution is -1.97. The van der Waals surface area contributed by atoms with E-state index in [1.165, 1.54) is 18.2 Å². The number of benzene rings is 2. The van der Waals surface area contributed by atoms with E-state index in [1.807, 2.05) is 0 Å². The minimum atomic E-state index is -3.37. The van der Waals surface area contributed by atoms with E-state index in [4.69, 9.17) is 0 Å². The Labute approximate surface area is 129 Å². The third kappa shape index (κ3) is 2.58. The van der Waals surface area contributed by atoms with Crippen molar-refractivity contribution in [2.75, 3.05) is 6.26 Å². The van der Waals surface area contributed by atoms with Crippen LogP contribution in [0.1, 0.15) is 0 Å². The van der Waals surface area contributed by atoms with Crippen LogP contribution in [0.3, 0.4) is 0 Å². The lowest BCUT2D eigenvalue weighted by atomic mass is 10.2. The summed E-state index contributed by atoms with van der Waals surface area (Å²) in [6.45, 7) is 0. The molecule has 0 spiro atoms. The summed E-state index contributed by atoms with van der Waals surface area (Å²) in [6.07, 6.45) is 1.14. The topological polar surface area (TPSA) is 62.8 Å². The Morgan fingerprint density at radius 2 is 2.00 bits per heavy atom. The average molecular weight is 369 g/mol. The Bertz CT molecular complexity index is 951. The first-order valence-corrected chi connectivity index (χ1v) is 8.69. The molecule has 3 rings (SSSR count). The van der Waals surface area contributed by atoms with E-state index in [9.17, 15) is 12.8 Å². The van der Waals surface area contributed by atoms with Crippen molar-refractivity contribution < 1.29 is 12.8 Å². The molecule has 0 unspecified atom stereocenters. The molecular formula is C14H10BrFN2O2S. The standard InChI is InChI=1S/C14H10BrFN2O2S/c1-21(19,20)12-4-2-3-11-13(12)18-14(17-11)9-6-5-8(16)7-10(9)15/h2-7H,1H3,(H,17,18). The maximum atomic E-state index is 13.1. The maximum Gasteiger partial charge on any atom is 0.177 e. The highest BCUT2D eigenvalue weighted by atomic mass is 79.9. The predicted octanol–water partition coefficient (Wildman–Crippen LogP) is 3.54. The lowest BCUT2D eigenvalue weighted by molar-refractivity contribution is 0.602. The number of H-pyrrole nitrogens is 1. The zero-order chi connectivity index (χ0) is 15.2. The van der Waals surface area contributed by atoms with Gasteiger partial charge >= 0.3 is 0 Å². The Morgan fingerprint density at radius 1 is 1.24 bits per heavy atom. The summed E-state index contributed by atoms with van der Waals surface area (Å²) in [5.74, 6) is 0.117. The van der Waals surface area contributed by atoms with E-state index >= 15 is 0 Å². The number of hydrogen-bond donors (Lipinski definition) is 1. The van der Waals surface area contributed by atoms with E-state index in [1.54, 1.807) is 18.2 Å². The molecule has 0 aliphatic rings. The van der Waals surface area contributed by atoms with Crippen molar-refractivity contribution >= 4 is 36.8 Å². The Balaban J connectivity index is 2.27. The summed E-state index contributed by atoms with van der Waals surface area (Å²) in [4.78, 5) is 7.58. The molecule has 0 bridgehead atoms. The smallest absolute Gasteiger partial charge is 0.177 e. The molecule has 0 aliphatic carbocycles. The number of halogens is 2. The number of imidazole rings is 1. The van der Waals surface area contributed by atoms with Gasteiger partial charge < -0.3 is 4.98 Å². The summed E-state index contributed by atoms with van der Waals surface area (Å²) in [6, 6.07) is 9.16. The number of fused-ring (bicyclic) bond motifs is 1. The molecule has 1 N–H and O–H groups in total. The minimum absolute atomic E-state index is 0.167. The van der Waals surface area contributed by atoms with Gasteiger partial charge in [-0.2, -0.15) is 0 Å². The molecule has 108 valence electrons. The number of nitrogens with one attached hydrogen (secondary N) is 1. The molecule has 2 aromatic carbocycles. The molecule has 0 atom stereocenters. The van der Waals surface area contributed by atoms with Gasteiger partial charge in [0.15, 0.2) is 9.84 Å². The number of nitrogens with zero attached hydrogens (tertiary/aromatic N) is 1. The van der Waals surface area contributed by atoms with Gasteiger partial charge in [-0.3, -0.25) is 0 Å². The fourth-order valence-corrected chi connectivity index (χ4v) is 3.49. The van der Waals surface area contributed by atoms with Crippen LogP contribution in [0.25, 0.3) is 22.4 Å². The van der Waals surface area contributed by atoms with Gasteiger partial charge in [0.25, 0.3) is 0 Å². The van der Waals surface area contributed by atoms with Crippen LogP contribution in [0.15, 0.2) is 45.8 Å². The fourth-order valence-electron chi connectivity index (χ4n) is 2.11. The Hall–Kier alpha value is -1.73. The largest absolute Gasteiger partial charge is 0.338 e. The third-order valence-corrected chi connectivity index (χ3v) is 4.85. The van der Waals surface area contributed by atoms with Gasteiger partial charge in [-0.25, -0.2) is 17.8 Å². The van der Waals surface area contributed by atoms with Gasteiger partial charge in [0, 0.05) is 16.3 Å². The van der Waals surface area contributed by atoms with Crippen LogP contribution in [0.5, 0.6) is 0 Å². The molecule has 0 fully saturated rings. The quantitative estimate of drug-likeness (QED) is 0.752. The zero-order valence-corrected chi connectivity index (χ0v) is 13.3. The number of rotatable bonds is 2. The molecule has 1 heterocycles. The first-order chi connectivity index (χ1) is 9.86. The van der Waals surface area contributed by atoms with Crippen molar-refractivity contribution in [3.8, 4) is 11.4 Å². The second kappa shape index (κ2) is 4.92. The van der Waals surface area contributed by atoms with Crippen LogP contribution < -0.4 is 0 Å². The number of hydrogen-bond acceptors (Lipinski definition) is 3. The molecule has 0 radical (unpaired) electrons. The maximum absolute atomic E-state index is 13.1. The van der Waals surface area contributed by atoms with Crippen LogP contribution in [0, 0.1) is 5.82 Å². The normalized spacial score (nSPS) is 12.0. The highest BCUT2D eigenvalue weighted by molar-refractivity contribution is 9.10. The Kier molecular flexibility index (Phi) is 3.33. The van der Waals surface area contributed by atoms with Crippen molar-refractivity contribution in [2.45, 2.75) is 4.90 Å². The predicted molar refractivity (Wildman–Crippen MR) is 82.3 cm³/mol. The van der Waals surface area contributed by atoms with Gasteiger partial charge in [0.05, 0.1) is 10.4 Å². The molecule has 0 amide bonds. The number of sulfone groups is 1. The van der Waals surface area contributed by atoms with Crippen molar-refractivity contribution in [3.05, 3.63) is 46.7 Å². The van der Waals surface area contributed by atoms with Gasteiger partial charge in [-0.05, 0) is 46.3 Å². The van der Waals surface area contributed by atoms with Crippen LogP contribution in [-0.2, 0) is 9.84 Å². The lowest BCUT2D eigenvalue weighted by Gasteiger charge is -2.00. The van der Waals surface area contributed by atoms with Crippen LogP contribution in [-0.4, -0.2) is 24.6 Å².